The van der Waals surface area contributed by atoms with Crippen molar-refractivity contribution in [1.29, 1.82) is 0 Å². The van der Waals surface area contributed by atoms with Gasteiger partial charge in [0, 0.05) is 35.1 Å². The second kappa shape index (κ2) is 13.0. The number of Topliss-reactive ketones (excluding diaryl/α,β-unsaturated/α-hetero) is 1. The maximum absolute atomic E-state index is 12.8. The van der Waals surface area contributed by atoms with Crippen LogP contribution in [0.2, 0.25) is 0 Å². The van der Waals surface area contributed by atoms with E-state index in [1.807, 2.05) is 0 Å². The van der Waals surface area contributed by atoms with Gasteiger partial charge in [-0.25, -0.2) is 4.98 Å². The molecule has 13 nitrogen and oxygen atoms in total. The number of nitrogens with zero attached hydrogens (tertiary/aromatic N) is 3. The van der Waals surface area contributed by atoms with Crippen LogP contribution in [0.3, 0.4) is 0 Å². The van der Waals surface area contributed by atoms with E-state index in [0.29, 0.717) is 11.3 Å². The number of carbonyl (C=O) groups excluding carboxylic acids is 2. The van der Waals surface area contributed by atoms with E-state index in [0.717, 1.165) is 24.3 Å². The fraction of sp³-hybridized carbons (Fsp3) is 0.160. The minimum Gasteiger partial charge on any atom is -0.495 e. The normalized spacial score (nSPS) is 12.6. The first-order valence-electron chi connectivity index (χ1n) is 11.6. The average Bonchev–Trinajstić information content (AvgIpc) is 3.31. The van der Waals surface area contributed by atoms with Crippen LogP contribution in [-0.2, 0) is 29.8 Å². The molecule has 4 aromatic rings. The number of nitrogens with one attached hydrogen (secondary N) is 1. The summed E-state index contributed by atoms with van der Waals surface area (Å²) in [5.74, 6) is -1.21. The van der Waals surface area contributed by atoms with Crippen molar-refractivity contribution in [3.8, 4) is 16.3 Å². The summed E-state index contributed by atoms with van der Waals surface area (Å²) in [7, 11) is -8.07. The molecule has 3 N–H and O–H groups in total. The summed E-state index contributed by atoms with van der Waals surface area (Å²) in [6.45, 7) is 2.61. The van der Waals surface area contributed by atoms with Gasteiger partial charge in [0.1, 0.15) is 26.2 Å². The Morgan fingerprint density at radius 3 is 2.33 bits per heavy atom. The number of aromatic nitrogens is 1. The molecular formula is C25H22N4NaO9S3. The van der Waals surface area contributed by atoms with E-state index in [9.17, 15) is 35.5 Å². The van der Waals surface area contributed by atoms with Crippen LogP contribution in [0.4, 0.5) is 11.4 Å². The fourth-order valence-electron chi connectivity index (χ4n) is 3.83. The van der Waals surface area contributed by atoms with Gasteiger partial charge in [0.05, 0.1) is 23.0 Å². The summed E-state index contributed by atoms with van der Waals surface area (Å²) in [6, 6.07) is 11.4. The van der Waals surface area contributed by atoms with E-state index in [1.165, 1.54) is 32.2 Å². The van der Waals surface area contributed by atoms with E-state index in [-0.39, 0.29) is 66.6 Å². The Bertz CT molecular complexity index is 1940. The molecular weight excluding hydrogens is 619 g/mol. The Hall–Kier alpha value is -3.09. The summed E-state index contributed by atoms with van der Waals surface area (Å²) in [6.07, 6.45) is 0. The molecule has 0 aliphatic rings. The third-order valence-electron chi connectivity index (χ3n) is 5.73. The number of thiazole rings is 1. The molecule has 1 heterocycles. The molecule has 0 aliphatic carbocycles. The van der Waals surface area contributed by atoms with Crippen LogP contribution in [-0.4, -0.2) is 85.3 Å². The quantitative estimate of drug-likeness (QED) is 0.103. The van der Waals surface area contributed by atoms with Crippen LogP contribution in [0.25, 0.3) is 20.8 Å². The molecule has 0 bridgehead atoms. The van der Waals surface area contributed by atoms with E-state index in [4.69, 9.17) is 4.74 Å². The largest absolute Gasteiger partial charge is 0.495 e. The predicted molar refractivity (Wildman–Crippen MR) is 156 cm³/mol. The number of fused-ring (bicyclic) bond motifs is 1. The molecule has 17 heteroatoms. The summed E-state index contributed by atoms with van der Waals surface area (Å²) in [4.78, 5) is 28.3. The molecule has 1 atom stereocenters. The summed E-state index contributed by atoms with van der Waals surface area (Å²) in [5.41, 5.74) is 0.606. The van der Waals surface area contributed by atoms with Gasteiger partial charge in [0.2, 0.25) is 6.04 Å². The van der Waals surface area contributed by atoms with E-state index >= 15 is 0 Å². The average molecular weight is 642 g/mol. The van der Waals surface area contributed by atoms with Crippen molar-refractivity contribution in [2.24, 2.45) is 10.2 Å². The van der Waals surface area contributed by atoms with Crippen LogP contribution >= 0.6 is 11.3 Å². The number of ether oxygens (including phenoxy) is 1. The first kappa shape index (κ1) is 33.4. The van der Waals surface area contributed by atoms with Crippen molar-refractivity contribution in [3.05, 3.63) is 60.2 Å². The van der Waals surface area contributed by atoms with Gasteiger partial charge in [0.25, 0.3) is 26.1 Å². The second-order valence-electron chi connectivity index (χ2n) is 8.63. The zero-order valence-electron chi connectivity index (χ0n) is 22.6. The molecule has 4 rings (SSSR count). The minimum absolute atomic E-state index is 0. The number of azo groups is 1. The van der Waals surface area contributed by atoms with Gasteiger partial charge >= 0.3 is 0 Å². The van der Waals surface area contributed by atoms with E-state index in [1.54, 1.807) is 30.3 Å². The predicted octanol–water partition coefficient (Wildman–Crippen LogP) is 4.07. The van der Waals surface area contributed by atoms with Crippen molar-refractivity contribution in [2.45, 2.75) is 29.7 Å². The number of carbonyl (C=O) groups is 2. The molecule has 1 amide bonds. The van der Waals surface area contributed by atoms with Gasteiger partial charge in [0.15, 0.2) is 5.78 Å². The number of rotatable bonds is 9. The minimum atomic E-state index is -4.89. The molecule has 1 aromatic heterocycles. The van der Waals surface area contributed by atoms with Gasteiger partial charge in [-0.1, -0.05) is 18.2 Å². The second-order valence-corrected chi connectivity index (χ2v) is 12.4. The molecule has 0 aliphatic heterocycles. The SMILES string of the molecule is COc1ccccc1NC(=O)C(N=Nc1ccc(-c2nc3ccc(C)c(S(=O)(=O)O)c3s2)cc1S(=O)(=O)O)C(C)=O.[Na]. The first-order chi connectivity index (χ1) is 19.2. The zero-order chi connectivity index (χ0) is 30.1. The Balaban J connectivity index is 0.00000484. The third kappa shape index (κ3) is 7.27. The summed E-state index contributed by atoms with van der Waals surface area (Å²) < 4.78 is 73.2. The van der Waals surface area contributed by atoms with Crippen LogP contribution < -0.4 is 10.1 Å². The number of para-hydroxylation sites is 2. The van der Waals surface area contributed by atoms with Gasteiger partial charge in [-0.05, 0) is 55.8 Å². The van der Waals surface area contributed by atoms with Crippen molar-refractivity contribution in [3.63, 3.8) is 0 Å². The molecule has 0 fully saturated rings. The fourth-order valence-corrected chi connectivity index (χ4v) is 6.79. The number of benzene rings is 3. The van der Waals surface area contributed by atoms with Gasteiger partial charge in [-0.3, -0.25) is 18.7 Å². The summed E-state index contributed by atoms with van der Waals surface area (Å²) in [5, 5.41) is 10.2. The molecule has 1 radical (unpaired) electrons. The number of methoxy groups -OCH3 is 1. The number of ketones is 1. The third-order valence-corrected chi connectivity index (χ3v) is 8.92. The maximum atomic E-state index is 12.8. The molecule has 0 saturated carbocycles. The Morgan fingerprint density at radius 1 is 1.02 bits per heavy atom. The monoisotopic (exact) mass is 641 g/mol. The van der Waals surface area contributed by atoms with E-state index in [2.05, 4.69) is 20.5 Å². The molecule has 3 aromatic carbocycles. The van der Waals surface area contributed by atoms with Crippen molar-refractivity contribution < 1.29 is 40.3 Å². The van der Waals surface area contributed by atoms with Crippen LogP contribution in [0.1, 0.15) is 12.5 Å². The number of amides is 1. The Kier molecular flexibility index (Phi) is 10.4. The Labute approximate surface area is 266 Å². The molecule has 215 valence electrons. The van der Waals surface area contributed by atoms with Gasteiger partial charge < -0.3 is 10.1 Å². The first-order valence-corrected chi connectivity index (χ1v) is 15.2. The summed E-state index contributed by atoms with van der Waals surface area (Å²) >= 11 is 0.885. The standard InChI is InChI=1S/C25H22N4O9S3.Na/c1-13-8-10-18-22(23(13)41(35,36)37)39-25(27-18)15-9-11-17(20(12-15)40(32,33)34)28-29-21(14(2)30)24(31)26-16-6-4-5-7-19(16)38-3;/h4-12,21H,1-3H3,(H,26,31)(H,32,33,34)(H,35,36,37);. The van der Waals surface area contributed by atoms with Crippen LogP contribution in [0.5, 0.6) is 5.75 Å². The van der Waals surface area contributed by atoms with Gasteiger partial charge in [-0.2, -0.15) is 27.1 Å². The molecule has 1 unspecified atom stereocenters. The number of hydrogen-bond acceptors (Lipinski definition) is 11. The van der Waals surface area contributed by atoms with Crippen molar-refractivity contribution in [2.75, 3.05) is 12.4 Å². The van der Waals surface area contributed by atoms with Crippen molar-refractivity contribution in [1.82, 2.24) is 4.98 Å². The Morgan fingerprint density at radius 2 is 1.71 bits per heavy atom. The zero-order valence-corrected chi connectivity index (χ0v) is 27.0. The van der Waals surface area contributed by atoms with Crippen LogP contribution in [0, 0.1) is 6.92 Å². The van der Waals surface area contributed by atoms with Crippen molar-refractivity contribution >= 4 is 94.4 Å². The number of hydrogen-bond donors (Lipinski definition) is 3. The molecule has 0 spiro atoms. The number of anilines is 1. The van der Waals surface area contributed by atoms with Gasteiger partial charge in [-0.15, -0.1) is 11.3 Å². The number of aryl methyl sites for hydroxylation is 1. The molecule has 0 saturated heterocycles. The maximum Gasteiger partial charge on any atom is 0.296 e. The van der Waals surface area contributed by atoms with E-state index < -0.39 is 42.9 Å². The topological polar surface area (TPSA) is 202 Å². The smallest absolute Gasteiger partial charge is 0.296 e. The van der Waals surface area contributed by atoms with Crippen LogP contribution in [0.15, 0.2) is 74.6 Å². The molecule has 42 heavy (non-hydrogen) atoms.